The third kappa shape index (κ3) is 7.99. The zero-order valence-corrected chi connectivity index (χ0v) is 14.6. The van der Waals surface area contributed by atoms with Crippen molar-refractivity contribution in [3.05, 3.63) is 60.4 Å². The van der Waals surface area contributed by atoms with Crippen LogP contribution < -0.4 is 5.32 Å². The number of alkyl halides is 2. The van der Waals surface area contributed by atoms with Crippen LogP contribution in [-0.4, -0.2) is 19.7 Å². The summed E-state index contributed by atoms with van der Waals surface area (Å²) >= 11 is 0. The van der Waals surface area contributed by atoms with Gasteiger partial charge in [0, 0.05) is 11.1 Å². The first-order valence-corrected chi connectivity index (χ1v) is 7.40. The van der Waals surface area contributed by atoms with E-state index in [4.69, 9.17) is 4.74 Å². The summed E-state index contributed by atoms with van der Waals surface area (Å²) in [5.41, 5.74) is 2.18. The van der Waals surface area contributed by atoms with Gasteiger partial charge in [0.05, 0.1) is 0 Å². The molecule has 0 saturated carbocycles. The molecule has 0 aromatic heterocycles. The Kier molecular flexibility index (Phi) is 13.5. The van der Waals surface area contributed by atoms with Crippen LogP contribution in [0.5, 0.6) is 0 Å². The summed E-state index contributed by atoms with van der Waals surface area (Å²) < 4.78 is 56.9. The van der Waals surface area contributed by atoms with E-state index in [-0.39, 0.29) is 23.3 Å². The fourth-order valence-electron chi connectivity index (χ4n) is 1.56. The number of rotatable bonds is 6. The van der Waals surface area contributed by atoms with Crippen LogP contribution in [0.1, 0.15) is 31.9 Å². The van der Waals surface area contributed by atoms with Gasteiger partial charge >= 0.3 is 0 Å². The Balaban J connectivity index is 0. The summed E-state index contributed by atoms with van der Waals surface area (Å²) in [5.74, 6) is -1.72. The third-order valence-corrected chi connectivity index (χ3v) is 2.60. The van der Waals surface area contributed by atoms with Crippen molar-refractivity contribution in [2.75, 3.05) is 7.05 Å². The maximum atomic E-state index is 13.5. The average molecular weight is 347 g/mol. The minimum Gasteiger partial charge on any atom is -0.469 e. The van der Waals surface area contributed by atoms with E-state index in [1.165, 1.54) is 7.05 Å². The standard InChI is InChI=1S/C13H15F4NO.C3H4.C2H6/c1-4-9-10(14)5-8(6-11(9)15)7(2)19-13(18-3)12(16)17;1-3-2;1-2/h5-6,12-13,18H,2,4H2,1,3H3;1-2H2;1-2H3. The molecule has 2 nitrogen and oxygen atoms in total. The van der Waals surface area contributed by atoms with Gasteiger partial charge in [0.25, 0.3) is 6.43 Å². The zero-order valence-electron chi connectivity index (χ0n) is 14.6. The van der Waals surface area contributed by atoms with Crippen LogP contribution in [0.2, 0.25) is 0 Å². The normalized spacial score (nSPS) is 10.5. The summed E-state index contributed by atoms with van der Waals surface area (Å²) in [6.45, 7) is 15.3. The molecule has 0 aliphatic heterocycles. The van der Waals surface area contributed by atoms with E-state index in [0.717, 1.165) is 12.1 Å². The van der Waals surface area contributed by atoms with Crippen molar-refractivity contribution in [1.29, 1.82) is 0 Å². The fourth-order valence-corrected chi connectivity index (χ4v) is 1.56. The number of benzene rings is 1. The number of halogens is 4. The summed E-state index contributed by atoms with van der Waals surface area (Å²) in [6, 6.07) is 2.03. The molecule has 0 spiro atoms. The Bertz CT molecular complexity index is 515. The highest BCUT2D eigenvalue weighted by atomic mass is 19.3. The average Bonchev–Trinajstić information content (AvgIpc) is 2.54. The lowest BCUT2D eigenvalue weighted by molar-refractivity contribution is -0.0190. The highest BCUT2D eigenvalue weighted by Gasteiger charge is 2.21. The monoisotopic (exact) mass is 347 g/mol. The van der Waals surface area contributed by atoms with Crippen LogP contribution >= 0.6 is 0 Å². The lowest BCUT2D eigenvalue weighted by atomic mass is 10.1. The van der Waals surface area contributed by atoms with Gasteiger partial charge in [-0.15, -0.1) is 5.73 Å². The van der Waals surface area contributed by atoms with Crippen molar-refractivity contribution < 1.29 is 22.3 Å². The van der Waals surface area contributed by atoms with Gasteiger partial charge in [0.2, 0.25) is 6.23 Å². The molecule has 0 amide bonds. The second kappa shape index (κ2) is 13.4. The minimum atomic E-state index is -2.79. The van der Waals surface area contributed by atoms with Gasteiger partial charge in [0.1, 0.15) is 17.4 Å². The fraction of sp³-hybridized carbons (Fsp3) is 0.389. The molecule has 0 heterocycles. The Morgan fingerprint density at radius 3 is 1.92 bits per heavy atom. The summed E-state index contributed by atoms with van der Waals surface area (Å²) in [4.78, 5) is 0. The van der Waals surface area contributed by atoms with Crippen LogP contribution in [0, 0.1) is 11.6 Å². The summed E-state index contributed by atoms with van der Waals surface area (Å²) in [5, 5.41) is 2.23. The predicted molar refractivity (Wildman–Crippen MR) is 90.8 cm³/mol. The van der Waals surface area contributed by atoms with Gasteiger partial charge < -0.3 is 4.74 Å². The lowest BCUT2D eigenvalue weighted by Crippen LogP contribution is -2.34. The van der Waals surface area contributed by atoms with E-state index in [1.807, 2.05) is 13.8 Å². The second-order valence-corrected chi connectivity index (χ2v) is 4.11. The predicted octanol–water partition coefficient (Wildman–Crippen LogP) is 5.31. The highest BCUT2D eigenvalue weighted by Crippen LogP contribution is 2.23. The Morgan fingerprint density at radius 2 is 1.62 bits per heavy atom. The molecule has 1 aromatic carbocycles. The number of ether oxygens (including phenoxy) is 1. The van der Waals surface area contributed by atoms with Gasteiger partial charge in [0.15, 0.2) is 0 Å². The molecule has 0 bridgehead atoms. The zero-order chi connectivity index (χ0) is 19.3. The molecule has 1 atom stereocenters. The summed E-state index contributed by atoms with van der Waals surface area (Å²) in [6.07, 6.45) is -4.17. The van der Waals surface area contributed by atoms with E-state index >= 15 is 0 Å². The maximum absolute atomic E-state index is 13.5. The van der Waals surface area contributed by atoms with Crippen LogP contribution in [-0.2, 0) is 11.2 Å². The number of hydrogen-bond donors (Lipinski definition) is 1. The second-order valence-electron chi connectivity index (χ2n) is 4.11. The lowest BCUT2D eigenvalue weighted by Gasteiger charge is -2.19. The molecule has 0 aliphatic carbocycles. The minimum absolute atomic E-state index is 0.00639. The van der Waals surface area contributed by atoms with Crippen LogP contribution in [0.25, 0.3) is 5.76 Å². The molecule has 24 heavy (non-hydrogen) atoms. The molecular formula is C18H25F4NO. The van der Waals surface area contributed by atoms with Crippen LogP contribution in [0.15, 0.2) is 37.6 Å². The Labute approximate surface area is 141 Å². The number of nitrogens with one attached hydrogen (secondary N) is 1. The van der Waals surface area contributed by atoms with Gasteiger partial charge in [-0.3, -0.25) is 5.32 Å². The topological polar surface area (TPSA) is 21.3 Å². The van der Waals surface area contributed by atoms with Crippen molar-refractivity contribution in [2.45, 2.75) is 39.8 Å². The van der Waals surface area contributed by atoms with Gasteiger partial charge in [-0.2, -0.15) is 0 Å². The highest BCUT2D eigenvalue weighted by molar-refractivity contribution is 5.58. The molecule has 136 valence electrons. The molecule has 1 N–H and O–H groups in total. The molecule has 0 aliphatic rings. The van der Waals surface area contributed by atoms with Crippen molar-refractivity contribution in [2.24, 2.45) is 0 Å². The van der Waals surface area contributed by atoms with Crippen LogP contribution in [0.4, 0.5) is 17.6 Å². The van der Waals surface area contributed by atoms with Crippen molar-refractivity contribution in [3.8, 4) is 0 Å². The molecule has 1 aromatic rings. The maximum Gasteiger partial charge on any atom is 0.288 e. The van der Waals surface area contributed by atoms with Gasteiger partial charge in [-0.05, 0) is 25.6 Å². The SMILES string of the molecule is C=C(OC(NC)C(F)F)c1cc(F)c(CC)c(F)c1.C=C=C.CC. The first-order valence-electron chi connectivity index (χ1n) is 7.40. The quantitative estimate of drug-likeness (QED) is 0.326. The van der Waals surface area contributed by atoms with E-state index in [1.54, 1.807) is 6.92 Å². The Morgan fingerprint density at radius 1 is 1.21 bits per heavy atom. The molecular weight excluding hydrogens is 322 g/mol. The van der Waals surface area contributed by atoms with Crippen molar-refractivity contribution in [3.63, 3.8) is 0 Å². The largest absolute Gasteiger partial charge is 0.469 e. The first kappa shape index (κ1) is 24.2. The molecule has 0 fully saturated rings. The van der Waals surface area contributed by atoms with E-state index in [2.05, 4.69) is 30.8 Å². The molecule has 0 radical (unpaired) electrons. The van der Waals surface area contributed by atoms with Gasteiger partial charge in [-0.1, -0.05) is 40.5 Å². The number of hydrogen-bond acceptors (Lipinski definition) is 2. The van der Waals surface area contributed by atoms with Gasteiger partial charge in [-0.25, -0.2) is 17.6 Å². The van der Waals surface area contributed by atoms with E-state index in [9.17, 15) is 17.6 Å². The molecule has 1 rings (SSSR count). The first-order chi connectivity index (χ1) is 11.3. The van der Waals surface area contributed by atoms with Crippen molar-refractivity contribution >= 4 is 5.76 Å². The van der Waals surface area contributed by atoms with Crippen molar-refractivity contribution in [1.82, 2.24) is 5.32 Å². The van der Waals surface area contributed by atoms with E-state index < -0.39 is 24.3 Å². The molecule has 1 unspecified atom stereocenters. The van der Waals surface area contributed by atoms with E-state index in [0.29, 0.717) is 0 Å². The smallest absolute Gasteiger partial charge is 0.288 e. The third-order valence-electron chi connectivity index (χ3n) is 2.60. The van der Waals surface area contributed by atoms with Crippen LogP contribution in [0.3, 0.4) is 0 Å². The summed E-state index contributed by atoms with van der Waals surface area (Å²) in [7, 11) is 1.28. The molecule has 0 saturated heterocycles. The molecule has 6 heteroatoms. The Hall–Kier alpha value is -2.04.